The Morgan fingerprint density at radius 2 is 1.79 bits per heavy atom. The van der Waals surface area contributed by atoms with E-state index in [1.54, 1.807) is 13.0 Å². The average Bonchev–Trinajstić information content (AvgIpc) is 2.03. The van der Waals surface area contributed by atoms with Crippen LogP contribution in [0, 0.1) is 12.7 Å². The van der Waals surface area contributed by atoms with Crippen molar-refractivity contribution in [1.82, 2.24) is 4.90 Å². The van der Waals surface area contributed by atoms with Crippen LogP contribution in [0.3, 0.4) is 0 Å². The molecule has 0 saturated carbocycles. The molecule has 2 nitrogen and oxygen atoms in total. The zero-order chi connectivity index (χ0) is 11.1. The van der Waals surface area contributed by atoms with Crippen LogP contribution in [0.25, 0.3) is 0 Å². The van der Waals surface area contributed by atoms with E-state index in [4.69, 9.17) is 0 Å². The van der Waals surface area contributed by atoms with Crippen LogP contribution in [0.15, 0.2) is 18.2 Å². The highest BCUT2D eigenvalue weighted by Gasteiger charge is 1.98. The predicted molar refractivity (Wildman–Crippen MR) is 56.1 cm³/mol. The van der Waals surface area contributed by atoms with Gasteiger partial charge < -0.3 is 4.90 Å². The van der Waals surface area contributed by atoms with Crippen LogP contribution in [0.1, 0.15) is 15.9 Å². The van der Waals surface area contributed by atoms with Crippen molar-refractivity contribution in [1.29, 1.82) is 0 Å². The van der Waals surface area contributed by atoms with Crippen molar-refractivity contribution in [2.24, 2.45) is 0 Å². The van der Waals surface area contributed by atoms with Crippen molar-refractivity contribution in [3.63, 3.8) is 0 Å². The Kier molecular flexibility index (Phi) is 5.72. The van der Waals surface area contributed by atoms with Crippen molar-refractivity contribution >= 4 is 6.29 Å². The molecule has 0 aliphatic heterocycles. The monoisotopic (exact) mass is 197 g/mol. The molecule has 78 valence electrons. The summed E-state index contributed by atoms with van der Waals surface area (Å²) in [5, 5.41) is 0. The van der Waals surface area contributed by atoms with Crippen LogP contribution in [-0.2, 0) is 0 Å². The fraction of sp³-hybridized carbons (Fsp3) is 0.364. The molecule has 0 N–H and O–H groups in total. The Morgan fingerprint density at radius 3 is 2.14 bits per heavy atom. The van der Waals surface area contributed by atoms with Gasteiger partial charge >= 0.3 is 0 Å². The number of aryl methyl sites for hydroxylation is 1. The molecule has 1 rings (SSSR count). The number of benzene rings is 1. The number of nitrogens with zero attached hydrogens (tertiary/aromatic N) is 1. The van der Waals surface area contributed by atoms with E-state index in [1.807, 2.05) is 26.0 Å². The van der Waals surface area contributed by atoms with E-state index in [2.05, 4.69) is 0 Å². The molecule has 0 saturated heterocycles. The molecular weight excluding hydrogens is 181 g/mol. The molecule has 0 aromatic heterocycles. The van der Waals surface area contributed by atoms with Gasteiger partial charge in [-0.05, 0) is 45.8 Å². The lowest BCUT2D eigenvalue weighted by atomic mass is 10.1. The van der Waals surface area contributed by atoms with Crippen LogP contribution in [-0.4, -0.2) is 32.3 Å². The van der Waals surface area contributed by atoms with Gasteiger partial charge in [0.15, 0.2) is 6.29 Å². The van der Waals surface area contributed by atoms with Gasteiger partial charge in [-0.2, -0.15) is 0 Å². The first kappa shape index (κ1) is 12.8. The van der Waals surface area contributed by atoms with E-state index in [-0.39, 0.29) is 5.56 Å². The van der Waals surface area contributed by atoms with Gasteiger partial charge in [0.1, 0.15) is 5.82 Å². The summed E-state index contributed by atoms with van der Waals surface area (Å²) in [7, 11) is 6.00. The van der Waals surface area contributed by atoms with E-state index >= 15 is 0 Å². The summed E-state index contributed by atoms with van der Waals surface area (Å²) in [6, 6.07) is 4.51. The molecular formula is C11H16FNO. The lowest BCUT2D eigenvalue weighted by molar-refractivity contribution is 0.112. The summed E-state index contributed by atoms with van der Waals surface area (Å²) in [5.41, 5.74) is 0.939. The molecule has 0 bridgehead atoms. The molecule has 14 heavy (non-hydrogen) atoms. The van der Waals surface area contributed by atoms with Crippen LogP contribution < -0.4 is 0 Å². The molecule has 0 aliphatic rings. The van der Waals surface area contributed by atoms with Crippen LogP contribution in [0.5, 0.6) is 0 Å². The van der Waals surface area contributed by atoms with Crippen LogP contribution >= 0.6 is 0 Å². The maximum atomic E-state index is 12.6. The van der Waals surface area contributed by atoms with Crippen molar-refractivity contribution in [2.45, 2.75) is 6.92 Å². The Bertz CT molecular complexity index is 295. The molecule has 0 spiro atoms. The molecule has 0 aliphatic carbocycles. The summed E-state index contributed by atoms with van der Waals surface area (Å²) in [6.07, 6.45) is 0.509. The Labute approximate surface area is 84.3 Å². The minimum absolute atomic E-state index is 0.116. The van der Waals surface area contributed by atoms with Crippen LogP contribution in [0.2, 0.25) is 0 Å². The van der Waals surface area contributed by atoms with Gasteiger partial charge in [0, 0.05) is 0 Å². The number of carbonyl (C=O) groups excluding carboxylic acids is 1. The topological polar surface area (TPSA) is 20.3 Å². The van der Waals surface area contributed by atoms with Gasteiger partial charge in [-0.15, -0.1) is 0 Å². The molecule has 0 heterocycles. The smallest absolute Gasteiger partial charge is 0.152 e. The fourth-order valence-electron chi connectivity index (χ4n) is 0.728. The standard InChI is InChI=1S/C8H7FO.C3H9N/c1-6-2-3-7(5-10)8(9)4-6;1-4(2)3/h2-5H,1H3;1-3H3. The maximum Gasteiger partial charge on any atom is 0.152 e. The quantitative estimate of drug-likeness (QED) is 0.643. The first-order chi connectivity index (χ1) is 6.47. The third kappa shape index (κ3) is 5.43. The largest absolute Gasteiger partial charge is 0.312 e. The van der Waals surface area contributed by atoms with E-state index in [1.165, 1.54) is 12.1 Å². The van der Waals surface area contributed by atoms with Gasteiger partial charge in [0.2, 0.25) is 0 Å². The van der Waals surface area contributed by atoms with Gasteiger partial charge in [0.05, 0.1) is 5.56 Å². The number of carbonyl (C=O) groups is 1. The fourth-order valence-corrected chi connectivity index (χ4v) is 0.728. The second kappa shape index (κ2) is 6.27. The van der Waals surface area contributed by atoms with E-state index in [9.17, 15) is 9.18 Å². The average molecular weight is 197 g/mol. The maximum absolute atomic E-state index is 12.6. The van der Waals surface area contributed by atoms with Crippen molar-refractivity contribution in [3.05, 3.63) is 35.1 Å². The summed E-state index contributed by atoms with van der Waals surface area (Å²) >= 11 is 0. The van der Waals surface area contributed by atoms with E-state index in [0.29, 0.717) is 6.29 Å². The second-order valence-corrected chi connectivity index (χ2v) is 3.48. The highest BCUT2D eigenvalue weighted by Crippen LogP contribution is 2.06. The van der Waals surface area contributed by atoms with Crippen molar-refractivity contribution in [2.75, 3.05) is 21.1 Å². The second-order valence-electron chi connectivity index (χ2n) is 3.48. The van der Waals surface area contributed by atoms with Gasteiger partial charge in [-0.3, -0.25) is 4.79 Å². The number of halogens is 1. The zero-order valence-electron chi connectivity index (χ0n) is 9.04. The third-order valence-corrected chi connectivity index (χ3v) is 1.28. The Balaban J connectivity index is 0.000000364. The molecule has 3 heteroatoms. The molecule has 0 amide bonds. The summed E-state index contributed by atoms with van der Waals surface area (Å²) in [5.74, 6) is -0.449. The summed E-state index contributed by atoms with van der Waals surface area (Å²) in [4.78, 5) is 12.1. The molecule has 0 unspecified atom stereocenters. The third-order valence-electron chi connectivity index (χ3n) is 1.28. The van der Waals surface area contributed by atoms with Gasteiger partial charge in [-0.1, -0.05) is 6.07 Å². The zero-order valence-corrected chi connectivity index (χ0v) is 9.04. The minimum Gasteiger partial charge on any atom is -0.312 e. The molecule has 1 aromatic rings. The van der Waals surface area contributed by atoms with E-state index in [0.717, 1.165) is 5.56 Å². The first-order valence-corrected chi connectivity index (χ1v) is 4.29. The van der Waals surface area contributed by atoms with Crippen molar-refractivity contribution < 1.29 is 9.18 Å². The normalized spacial score (nSPS) is 9.29. The molecule has 0 fully saturated rings. The first-order valence-electron chi connectivity index (χ1n) is 4.29. The lowest BCUT2D eigenvalue weighted by Gasteiger charge is -1.94. The molecule has 0 radical (unpaired) electrons. The highest BCUT2D eigenvalue weighted by molar-refractivity contribution is 5.75. The van der Waals surface area contributed by atoms with Gasteiger partial charge in [-0.25, -0.2) is 4.39 Å². The highest BCUT2D eigenvalue weighted by atomic mass is 19.1. The number of aldehydes is 1. The SMILES string of the molecule is CN(C)C.Cc1ccc(C=O)c(F)c1. The van der Waals surface area contributed by atoms with Gasteiger partial charge in [0.25, 0.3) is 0 Å². The lowest BCUT2D eigenvalue weighted by Crippen LogP contribution is -1.99. The van der Waals surface area contributed by atoms with Crippen molar-refractivity contribution in [3.8, 4) is 0 Å². The molecule has 1 aromatic carbocycles. The van der Waals surface area contributed by atoms with E-state index < -0.39 is 5.82 Å². The number of hydrogen-bond acceptors (Lipinski definition) is 2. The summed E-state index contributed by atoms with van der Waals surface area (Å²) < 4.78 is 12.6. The predicted octanol–water partition coefficient (Wildman–Crippen LogP) is 2.12. The Morgan fingerprint density at radius 1 is 1.29 bits per heavy atom. The number of rotatable bonds is 1. The Hall–Kier alpha value is -1.22. The van der Waals surface area contributed by atoms with Crippen LogP contribution in [0.4, 0.5) is 4.39 Å². The summed E-state index contributed by atoms with van der Waals surface area (Å²) in [6.45, 7) is 1.78. The minimum atomic E-state index is -0.449. The number of hydrogen-bond donors (Lipinski definition) is 0. The molecule has 0 atom stereocenters.